The monoisotopic (exact) mass is 254 g/mol. The third kappa shape index (κ3) is 6.19. The Hall–Kier alpha value is -0.0800. The molecular formula is C16H34N2. The van der Waals surface area contributed by atoms with E-state index in [2.05, 4.69) is 18.7 Å². The number of likely N-dealkylation sites (tertiary alicyclic amines) is 1. The van der Waals surface area contributed by atoms with Gasteiger partial charge in [0.25, 0.3) is 0 Å². The molecule has 0 aromatic carbocycles. The number of rotatable bonds is 10. The summed E-state index contributed by atoms with van der Waals surface area (Å²) in [7, 11) is 0. The SMILES string of the molecule is CCCCCCCCCCN1CC(CN)CC1C. The summed E-state index contributed by atoms with van der Waals surface area (Å²) in [5, 5.41) is 0. The molecule has 1 fully saturated rings. The Morgan fingerprint density at radius 3 is 2.17 bits per heavy atom. The van der Waals surface area contributed by atoms with Crippen LogP contribution in [0.4, 0.5) is 0 Å². The molecule has 2 unspecified atom stereocenters. The first-order chi connectivity index (χ1) is 8.77. The Morgan fingerprint density at radius 2 is 1.61 bits per heavy atom. The Morgan fingerprint density at radius 1 is 1.00 bits per heavy atom. The van der Waals surface area contributed by atoms with Gasteiger partial charge < -0.3 is 10.6 Å². The molecule has 1 rings (SSSR count). The Bertz CT molecular complexity index is 194. The first kappa shape index (κ1) is 16.0. The molecular weight excluding hydrogens is 220 g/mol. The third-order valence-corrected chi connectivity index (χ3v) is 4.42. The Balaban J connectivity index is 1.92. The van der Waals surface area contributed by atoms with Gasteiger partial charge in [-0.05, 0) is 38.8 Å². The van der Waals surface area contributed by atoms with Gasteiger partial charge in [0, 0.05) is 12.6 Å². The third-order valence-electron chi connectivity index (χ3n) is 4.42. The summed E-state index contributed by atoms with van der Waals surface area (Å²) < 4.78 is 0. The molecule has 0 amide bonds. The van der Waals surface area contributed by atoms with Gasteiger partial charge in [0.05, 0.1) is 0 Å². The summed E-state index contributed by atoms with van der Waals surface area (Å²) in [5.41, 5.74) is 5.77. The quantitative estimate of drug-likeness (QED) is 0.601. The van der Waals surface area contributed by atoms with E-state index in [4.69, 9.17) is 5.73 Å². The minimum atomic E-state index is 0.758. The number of hydrogen-bond acceptors (Lipinski definition) is 2. The second kappa shape index (κ2) is 9.80. The molecule has 18 heavy (non-hydrogen) atoms. The zero-order valence-corrected chi connectivity index (χ0v) is 12.7. The van der Waals surface area contributed by atoms with Crippen molar-refractivity contribution in [3.05, 3.63) is 0 Å². The molecule has 2 nitrogen and oxygen atoms in total. The molecule has 1 aliphatic heterocycles. The summed E-state index contributed by atoms with van der Waals surface area (Å²) in [5.74, 6) is 0.758. The van der Waals surface area contributed by atoms with Gasteiger partial charge in [-0.2, -0.15) is 0 Å². The molecule has 2 N–H and O–H groups in total. The normalized spacial score (nSPS) is 24.8. The Labute approximate surface area is 114 Å². The predicted octanol–water partition coefficient (Wildman–Crippen LogP) is 3.80. The van der Waals surface area contributed by atoms with Gasteiger partial charge in [-0.1, -0.05) is 51.9 Å². The van der Waals surface area contributed by atoms with Crippen LogP contribution < -0.4 is 5.73 Å². The molecule has 0 aromatic rings. The van der Waals surface area contributed by atoms with Crippen molar-refractivity contribution >= 4 is 0 Å². The maximum absolute atomic E-state index is 5.77. The lowest BCUT2D eigenvalue weighted by Crippen LogP contribution is -2.28. The average molecular weight is 254 g/mol. The van der Waals surface area contributed by atoms with Crippen molar-refractivity contribution < 1.29 is 0 Å². The highest BCUT2D eigenvalue weighted by Gasteiger charge is 2.27. The van der Waals surface area contributed by atoms with Crippen LogP contribution in [-0.2, 0) is 0 Å². The zero-order valence-electron chi connectivity index (χ0n) is 12.7. The largest absolute Gasteiger partial charge is 0.330 e. The van der Waals surface area contributed by atoms with E-state index in [1.54, 1.807) is 0 Å². The summed E-state index contributed by atoms with van der Waals surface area (Å²) in [6.45, 7) is 8.06. The zero-order chi connectivity index (χ0) is 13.2. The van der Waals surface area contributed by atoms with Crippen molar-refractivity contribution in [3.8, 4) is 0 Å². The fourth-order valence-corrected chi connectivity index (χ4v) is 3.15. The molecule has 2 atom stereocenters. The minimum absolute atomic E-state index is 0.758. The lowest BCUT2D eigenvalue weighted by atomic mass is 10.1. The summed E-state index contributed by atoms with van der Waals surface area (Å²) in [6, 6.07) is 0.767. The topological polar surface area (TPSA) is 29.3 Å². The molecule has 0 spiro atoms. The first-order valence-corrected chi connectivity index (χ1v) is 8.22. The van der Waals surface area contributed by atoms with E-state index in [1.165, 1.54) is 70.9 Å². The number of nitrogens with zero attached hydrogens (tertiary/aromatic N) is 1. The summed E-state index contributed by atoms with van der Waals surface area (Å²) >= 11 is 0. The van der Waals surface area contributed by atoms with E-state index in [0.717, 1.165) is 18.5 Å². The fraction of sp³-hybridized carbons (Fsp3) is 1.00. The van der Waals surface area contributed by atoms with Gasteiger partial charge in [-0.15, -0.1) is 0 Å². The van der Waals surface area contributed by atoms with Gasteiger partial charge in [0.15, 0.2) is 0 Å². The van der Waals surface area contributed by atoms with Gasteiger partial charge in [0.1, 0.15) is 0 Å². The maximum atomic E-state index is 5.77. The van der Waals surface area contributed by atoms with E-state index < -0.39 is 0 Å². The molecule has 2 heteroatoms. The Kier molecular flexibility index (Phi) is 8.70. The second-order valence-corrected chi connectivity index (χ2v) is 6.16. The smallest absolute Gasteiger partial charge is 0.00706 e. The van der Waals surface area contributed by atoms with E-state index in [-0.39, 0.29) is 0 Å². The number of unbranched alkanes of at least 4 members (excludes halogenated alkanes) is 7. The lowest BCUT2D eigenvalue weighted by Gasteiger charge is -2.20. The number of nitrogens with two attached hydrogens (primary N) is 1. The van der Waals surface area contributed by atoms with Crippen LogP contribution in [0.15, 0.2) is 0 Å². The average Bonchev–Trinajstić information content (AvgIpc) is 2.73. The van der Waals surface area contributed by atoms with Crippen molar-refractivity contribution in [2.75, 3.05) is 19.6 Å². The van der Waals surface area contributed by atoms with Crippen molar-refractivity contribution in [1.29, 1.82) is 0 Å². The highest BCUT2D eigenvalue weighted by atomic mass is 15.2. The van der Waals surface area contributed by atoms with E-state index >= 15 is 0 Å². The van der Waals surface area contributed by atoms with Crippen LogP contribution in [0.1, 0.15) is 71.6 Å². The van der Waals surface area contributed by atoms with E-state index in [9.17, 15) is 0 Å². The second-order valence-electron chi connectivity index (χ2n) is 6.16. The van der Waals surface area contributed by atoms with Crippen LogP contribution in [0.2, 0.25) is 0 Å². The van der Waals surface area contributed by atoms with Crippen LogP contribution >= 0.6 is 0 Å². The lowest BCUT2D eigenvalue weighted by molar-refractivity contribution is 0.258. The molecule has 1 saturated heterocycles. The van der Waals surface area contributed by atoms with Gasteiger partial charge in [-0.3, -0.25) is 0 Å². The minimum Gasteiger partial charge on any atom is -0.330 e. The molecule has 0 radical (unpaired) electrons. The predicted molar refractivity (Wildman–Crippen MR) is 80.8 cm³/mol. The highest BCUT2D eigenvalue weighted by Crippen LogP contribution is 2.22. The van der Waals surface area contributed by atoms with Crippen molar-refractivity contribution in [2.24, 2.45) is 11.7 Å². The standard InChI is InChI=1S/C16H34N2/c1-3-4-5-6-7-8-9-10-11-18-14-16(13-17)12-15(18)2/h15-16H,3-14,17H2,1-2H3. The first-order valence-electron chi connectivity index (χ1n) is 8.22. The van der Waals surface area contributed by atoms with Crippen LogP contribution in [0.5, 0.6) is 0 Å². The van der Waals surface area contributed by atoms with Gasteiger partial charge in [-0.25, -0.2) is 0 Å². The van der Waals surface area contributed by atoms with E-state index in [0.29, 0.717) is 0 Å². The van der Waals surface area contributed by atoms with Crippen molar-refractivity contribution in [1.82, 2.24) is 4.90 Å². The van der Waals surface area contributed by atoms with Crippen LogP contribution in [-0.4, -0.2) is 30.6 Å². The van der Waals surface area contributed by atoms with E-state index in [1.807, 2.05) is 0 Å². The number of hydrogen-bond donors (Lipinski definition) is 1. The highest BCUT2D eigenvalue weighted by molar-refractivity contribution is 4.82. The van der Waals surface area contributed by atoms with Crippen molar-refractivity contribution in [2.45, 2.75) is 77.7 Å². The molecule has 0 saturated carbocycles. The van der Waals surface area contributed by atoms with Crippen LogP contribution in [0.3, 0.4) is 0 Å². The molecule has 0 aromatic heterocycles. The van der Waals surface area contributed by atoms with Gasteiger partial charge >= 0.3 is 0 Å². The molecule has 0 aliphatic carbocycles. The summed E-state index contributed by atoms with van der Waals surface area (Å²) in [6.07, 6.45) is 12.7. The molecule has 1 heterocycles. The fourth-order valence-electron chi connectivity index (χ4n) is 3.15. The molecule has 0 bridgehead atoms. The van der Waals surface area contributed by atoms with Crippen LogP contribution in [0.25, 0.3) is 0 Å². The summed E-state index contributed by atoms with van der Waals surface area (Å²) in [4.78, 5) is 2.65. The molecule has 1 aliphatic rings. The maximum Gasteiger partial charge on any atom is 0.00706 e. The van der Waals surface area contributed by atoms with Gasteiger partial charge in [0.2, 0.25) is 0 Å². The van der Waals surface area contributed by atoms with Crippen LogP contribution in [0, 0.1) is 5.92 Å². The molecule has 108 valence electrons. The van der Waals surface area contributed by atoms with Crippen molar-refractivity contribution in [3.63, 3.8) is 0 Å².